The lowest BCUT2D eigenvalue weighted by molar-refractivity contribution is 0.312. The van der Waals surface area contributed by atoms with Gasteiger partial charge in [-0.25, -0.2) is 4.99 Å². The summed E-state index contributed by atoms with van der Waals surface area (Å²) in [6.45, 7) is 1.05. The van der Waals surface area contributed by atoms with E-state index in [9.17, 15) is 0 Å². The Kier molecular flexibility index (Phi) is 3.38. The first-order valence-electron chi connectivity index (χ1n) is 4.92. The lowest BCUT2D eigenvalue weighted by atomic mass is 10.1. The lowest BCUT2D eigenvalue weighted by Crippen LogP contribution is -2.13. The molecule has 1 heterocycles. The minimum absolute atomic E-state index is 0.227. The van der Waals surface area contributed by atoms with Crippen molar-refractivity contribution in [1.29, 1.82) is 0 Å². The third kappa shape index (κ3) is 2.79. The fourth-order valence-electron chi connectivity index (χ4n) is 1.58. The lowest BCUT2D eigenvalue weighted by Gasteiger charge is -2.04. The van der Waals surface area contributed by atoms with Crippen LogP contribution in [0.15, 0.2) is 33.7 Å². The van der Waals surface area contributed by atoms with Crippen LogP contribution in [0.1, 0.15) is 5.56 Å². The summed E-state index contributed by atoms with van der Waals surface area (Å²) in [5.41, 5.74) is 6.72. The van der Waals surface area contributed by atoms with Gasteiger partial charge in [0.05, 0.1) is 12.6 Å². The third-order valence-electron chi connectivity index (χ3n) is 2.33. The third-order valence-corrected chi connectivity index (χ3v) is 2.86. The van der Waals surface area contributed by atoms with Crippen molar-refractivity contribution in [2.75, 3.05) is 13.2 Å². The van der Waals surface area contributed by atoms with E-state index in [4.69, 9.17) is 10.5 Å². The van der Waals surface area contributed by atoms with Gasteiger partial charge in [-0.2, -0.15) is 0 Å². The predicted molar refractivity (Wildman–Crippen MR) is 64.1 cm³/mol. The number of hydrogen-bond donors (Lipinski definition) is 1. The van der Waals surface area contributed by atoms with Crippen LogP contribution in [0.5, 0.6) is 0 Å². The second kappa shape index (κ2) is 4.77. The summed E-state index contributed by atoms with van der Waals surface area (Å²) in [6.07, 6.45) is 0.913. The van der Waals surface area contributed by atoms with Crippen molar-refractivity contribution in [2.24, 2.45) is 10.7 Å². The highest BCUT2D eigenvalue weighted by atomic mass is 79.9. The molecular formula is C11H13BrN2O. The van der Waals surface area contributed by atoms with E-state index < -0.39 is 0 Å². The molecule has 1 aromatic carbocycles. The van der Waals surface area contributed by atoms with Crippen molar-refractivity contribution in [3.8, 4) is 0 Å². The summed E-state index contributed by atoms with van der Waals surface area (Å²) in [6, 6.07) is 8.50. The van der Waals surface area contributed by atoms with Crippen LogP contribution in [-0.2, 0) is 11.2 Å². The fraction of sp³-hybridized carbons (Fsp3) is 0.364. The largest absolute Gasteiger partial charge is 0.478 e. The number of aliphatic imine (C=N–C) groups is 1. The van der Waals surface area contributed by atoms with Gasteiger partial charge in [0.2, 0.25) is 0 Å². The van der Waals surface area contributed by atoms with Crippen molar-refractivity contribution in [3.05, 3.63) is 34.3 Å². The van der Waals surface area contributed by atoms with E-state index in [1.165, 1.54) is 5.56 Å². The van der Waals surface area contributed by atoms with E-state index >= 15 is 0 Å². The number of nitrogens with zero attached hydrogens (tertiary/aromatic N) is 1. The number of benzene rings is 1. The van der Waals surface area contributed by atoms with Gasteiger partial charge in [-0.3, -0.25) is 0 Å². The second-order valence-corrected chi connectivity index (χ2v) is 4.44. The fourth-order valence-corrected chi connectivity index (χ4v) is 1.84. The van der Waals surface area contributed by atoms with Gasteiger partial charge in [0, 0.05) is 4.47 Å². The molecule has 1 aliphatic rings. The summed E-state index contributed by atoms with van der Waals surface area (Å²) in [5, 5.41) is 0. The minimum Gasteiger partial charge on any atom is -0.478 e. The molecule has 80 valence electrons. The summed E-state index contributed by atoms with van der Waals surface area (Å²) in [4.78, 5) is 4.38. The van der Waals surface area contributed by atoms with Crippen molar-refractivity contribution >= 4 is 21.8 Å². The Bertz CT molecular complexity index is 361. The van der Waals surface area contributed by atoms with Gasteiger partial charge < -0.3 is 10.5 Å². The molecule has 0 aliphatic carbocycles. The molecule has 1 aromatic rings. The zero-order valence-electron chi connectivity index (χ0n) is 8.32. The zero-order chi connectivity index (χ0) is 10.7. The number of ether oxygens (including phenoxy) is 1. The molecule has 0 fully saturated rings. The van der Waals surface area contributed by atoms with Crippen molar-refractivity contribution in [1.82, 2.24) is 0 Å². The van der Waals surface area contributed by atoms with Crippen LogP contribution < -0.4 is 5.73 Å². The number of nitrogens with two attached hydrogens (primary N) is 1. The molecule has 0 amide bonds. The molecule has 0 spiro atoms. The Labute approximate surface area is 97.5 Å². The average Bonchev–Trinajstić information content (AvgIpc) is 2.69. The molecule has 3 nitrogen and oxygen atoms in total. The van der Waals surface area contributed by atoms with Gasteiger partial charge in [0.15, 0.2) is 5.90 Å². The standard InChI is InChI=1S/C11H13BrN2O/c12-9-3-1-8(2-4-9)5-10-7-15-11(6-13)14-10/h1-4,10H,5-7,13H2. The van der Waals surface area contributed by atoms with E-state index in [2.05, 4.69) is 33.1 Å². The van der Waals surface area contributed by atoms with E-state index in [0.29, 0.717) is 19.0 Å². The number of halogens is 1. The summed E-state index contributed by atoms with van der Waals surface area (Å²) >= 11 is 3.41. The van der Waals surface area contributed by atoms with Gasteiger partial charge in [0.1, 0.15) is 6.61 Å². The summed E-state index contributed by atoms with van der Waals surface area (Å²) < 4.78 is 6.42. The molecule has 2 N–H and O–H groups in total. The van der Waals surface area contributed by atoms with E-state index in [1.807, 2.05) is 12.1 Å². The maximum absolute atomic E-state index is 5.45. The smallest absolute Gasteiger partial charge is 0.197 e. The highest BCUT2D eigenvalue weighted by Crippen LogP contribution is 2.15. The Hall–Kier alpha value is -0.870. The molecule has 15 heavy (non-hydrogen) atoms. The highest BCUT2D eigenvalue weighted by Gasteiger charge is 2.17. The molecule has 0 radical (unpaired) electrons. The monoisotopic (exact) mass is 268 g/mol. The van der Waals surface area contributed by atoms with E-state index in [0.717, 1.165) is 10.9 Å². The molecule has 0 saturated carbocycles. The SMILES string of the molecule is NCC1=NC(Cc2ccc(Br)cc2)CO1. The second-order valence-electron chi connectivity index (χ2n) is 3.52. The number of hydrogen-bond acceptors (Lipinski definition) is 3. The van der Waals surface area contributed by atoms with E-state index in [1.54, 1.807) is 0 Å². The number of rotatable bonds is 3. The first kappa shape index (κ1) is 10.6. The van der Waals surface area contributed by atoms with Crippen LogP contribution in [0.2, 0.25) is 0 Å². The van der Waals surface area contributed by atoms with Crippen LogP contribution in [0.4, 0.5) is 0 Å². The van der Waals surface area contributed by atoms with Crippen LogP contribution in [-0.4, -0.2) is 25.1 Å². The predicted octanol–water partition coefficient (Wildman–Crippen LogP) is 1.75. The average molecular weight is 269 g/mol. The first-order chi connectivity index (χ1) is 7.28. The van der Waals surface area contributed by atoms with Crippen LogP contribution >= 0.6 is 15.9 Å². The minimum atomic E-state index is 0.227. The van der Waals surface area contributed by atoms with Crippen LogP contribution in [0.25, 0.3) is 0 Å². The van der Waals surface area contributed by atoms with Crippen molar-refractivity contribution in [3.63, 3.8) is 0 Å². The Morgan fingerprint density at radius 2 is 2.13 bits per heavy atom. The molecule has 0 aromatic heterocycles. The van der Waals surface area contributed by atoms with Gasteiger partial charge in [0.25, 0.3) is 0 Å². The molecule has 1 unspecified atom stereocenters. The molecule has 0 saturated heterocycles. The zero-order valence-corrected chi connectivity index (χ0v) is 9.90. The van der Waals surface area contributed by atoms with Crippen molar-refractivity contribution in [2.45, 2.75) is 12.5 Å². The van der Waals surface area contributed by atoms with Crippen LogP contribution in [0.3, 0.4) is 0 Å². The molecular weight excluding hydrogens is 256 g/mol. The summed E-state index contributed by atoms with van der Waals surface area (Å²) in [5.74, 6) is 0.678. The van der Waals surface area contributed by atoms with Crippen molar-refractivity contribution < 1.29 is 4.74 Å². The molecule has 2 rings (SSSR count). The topological polar surface area (TPSA) is 47.6 Å². The Morgan fingerprint density at radius 1 is 1.40 bits per heavy atom. The van der Waals surface area contributed by atoms with Crippen LogP contribution in [0, 0.1) is 0 Å². The molecule has 4 heteroatoms. The summed E-state index contributed by atoms with van der Waals surface area (Å²) in [7, 11) is 0. The maximum atomic E-state index is 5.45. The molecule has 1 aliphatic heterocycles. The Morgan fingerprint density at radius 3 is 2.73 bits per heavy atom. The van der Waals surface area contributed by atoms with E-state index in [-0.39, 0.29) is 6.04 Å². The maximum Gasteiger partial charge on any atom is 0.197 e. The molecule has 1 atom stereocenters. The highest BCUT2D eigenvalue weighted by molar-refractivity contribution is 9.10. The quantitative estimate of drug-likeness (QED) is 0.908. The van der Waals surface area contributed by atoms with Gasteiger partial charge in [-0.15, -0.1) is 0 Å². The molecule has 0 bridgehead atoms. The van der Waals surface area contributed by atoms with Gasteiger partial charge in [-0.05, 0) is 24.1 Å². The Balaban J connectivity index is 1.98. The first-order valence-corrected chi connectivity index (χ1v) is 5.71. The van der Waals surface area contributed by atoms with Gasteiger partial charge in [-0.1, -0.05) is 28.1 Å². The normalized spacial score (nSPS) is 19.9. The van der Waals surface area contributed by atoms with Gasteiger partial charge >= 0.3 is 0 Å².